The number of methoxy groups -OCH3 is 2. The summed E-state index contributed by atoms with van der Waals surface area (Å²) in [6.45, 7) is 1.88. The second-order valence-electron chi connectivity index (χ2n) is 8.18. The molecule has 0 heterocycles. The summed E-state index contributed by atoms with van der Waals surface area (Å²) < 4.78 is 32.7. The number of Topliss-reactive ketones (excluding diaryl/α,β-unsaturated/α-hetero) is 1. The minimum Gasteiger partial charge on any atom is -0.493 e. The lowest BCUT2D eigenvalue weighted by atomic mass is 9.64. The molecule has 1 atom stereocenters. The Morgan fingerprint density at radius 3 is 2.52 bits per heavy atom. The number of benzene rings is 2. The molecule has 0 radical (unpaired) electrons. The zero-order valence-corrected chi connectivity index (χ0v) is 17.8. The van der Waals surface area contributed by atoms with E-state index < -0.39 is 24.6 Å². The highest BCUT2D eigenvalue weighted by atomic mass is 16.5. The fourth-order valence-corrected chi connectivity index (χ4v) is 4.85. The van der Waals surface area contributed by atoms with Crippen LogP contribution in [0.4, 0.5) is 0 Å². The van der Waals surface area contributed by atoms with E-state index in [9.17, 15) is 14.7 Å². The van der Waals surface area contributed by atoms with Crippen molar-refractivity contribution in [2.45, 2.75) is 51.6 Å². The van der Waals surface area contributed by atoms with Crippen molar-refractivity contribution < 1.29 is 31.6 Å². The predicted octanol–water partition coefficient (Wildman–Crippen LogP) is 4.91. The number of aliphatic carboxylic acids is 1. The lowest BCUT2D eigenvalue weighted by Crippen LogP contribution is -2.50. The van der Waals surface area contributed by atoms with Crippen LogP contribution < -0.4 is 14.2 Å². The van der Waals surface area contributed by atoms with Gasteiger partial charge in [0.25, 0.3) is 0 Å². The smallest absolute Gasteiger partial charge is 0.313 e. The van der Waals surface area contributed by atoms with Crippen LogP contribution in [0.1, 0.15) is 57.7 Å². The summed E-state index contributed by atoms with van der Waals surface area (Å²) in [4.78, 5) is 24.5. The van der Waals surface area contributed by atoms with Crippen molar-refractivity contribution in [1.82, 2.24) is 0 Å². The first-order chi connectivity index (χ1) is 15.8. The van der Waals surface area contributed by atoms with E-state index >= 15 is 0 Å². The molecule has 1 saturated carbocycles. The highest BCUT2D eigenvalue weighted by Crippen LogP contribution is 2.51. The number of fused-ring (bicyclic) bond motifs is 1. The summed E-state index contributed by atoms with van der Waals surface area (Å²) in [5, 5.41) is 9.99. The topological polar surface area (TPSA) is 82.1 Å². The summed E-state index contributed by atoms with van der Waals surface area (Å²) in [6.07, 6.45) is 2.71. The molecule has 0 saturated heterocycles. The van der Waals surface area contributed by atoms with Gasteiger partial charge in [-0.3, -0.25) is 9.59 Å². The van der Waals surface area contributed by atoms with E-state index in [-0.39, 0.29) is 23.0 Å². The number of carboxylic acids is 1. The molecule has 6 nitrogen and oxygen atoms in total. The van der Waals surface area contributed by atoms with Crippen LogP contribution in [-0.2, 0) is 11.2 Å². The standard InChI is InChI=1S/C25H28O6/c1-4-21(25(24(27)28)13-6-14-25)31-22-18(10-12-20(29-2)23(22)30-3)15-7-5-8-17-16(15)9-11-19(17)26/h5,7-8,10,12,21H,4,6,9,11,13-14H2,1-3H3,(H,27,28)/i3D2. The SMILES string of the molecule is [2H]C([2H])Oc1c(OC)ccc(-c2cccc3c2CCC3=O)c1OC(CC)C1(C(=O)O)CCC1. The number of rotatable bonds is 8. The Morgan fingerprint density at radius 2 is 1.90 bits per heavy atom. The molecule has 0 amide bonds. The van der Waals surface area contributed by atoms with Crippen molar-refractivity contribution in [2.75, 3.05) is 14.2 Å². The van der Waals surface area contributed by atoms with Crippen molar-refractivity contribution in [3.8, 4) is 28.4 Å². The zero-order valence-electron chi connectivity index (χ0n) is 19.8. The van der Waals surface area contributed by atoms with Crippen molar-refractivity contribution in [1.29, 1.82) is 0 Å². The fraction of sp³-hybridized carbons (Fsp3) is 0.440. The normalized spacial score (nSPS) is 18.5. The molecule has 2 aliphatic carbocycles. The molecule has 0 aliphatic heterocycles. The fourth-order valence-electron chi connectivity index (χ4n) is 4.85. The lowest BCUT2D eigenvalue weighted by molar-refractivity contribution is -0.163. The molecular formula is C25H28O6. The third-order valence-electron chi connectivity index (χ3n) is 6.70. The second kappa shape index (κ2) is 8.25. The number of carbonyl (C=O) groups is 2. The first-order valence-corrected chi connectivity index (χ1v) is 10.6. The summed E-state index contributed by atoms with van der Waals surface area (Å²) in [5.74, 6) is -0.189. The Balaban J connectivity index is 1.90. The van der Waals surface area contributed by atoms with Crippen LogP contribution in [0.25, 0.3) is 11.1 Å². The average Bonchev–Trinajstić information content (AvgIpc) is 3.13. The van der Waals surface area contributed by atoms with Crippen molar-refractivity contribution >= 4 is 11.8 Å². The van der Waals surface area contributed by atoms with Crippen molar-refractivity contribution in [2.24, 2.45) is 5.41 Å². The van der Waals surface area contributed by atoms with Crippen LogP contribution in [0.15, 0.2) is 30.3 Å². The van der Waals surface area contributed by atoms with Crippen LogP contribution in [0, 0.1) is 5.41 Å². The average molecular weight is 427 g/mol. The van der Waals surface area contributed by atoms with Gasteiger partial charge in [0.1, 0.15) is 11.5 Å². The van der Waals surface area contributed by atoms with Gasteiger partial charge in [-0.1, -0.05) is 31.5 Å². The van der Waals surface area contributed by atoms with E-state index in [0.29, 0.717) is 43.2 Å². The summed E-state index contributed by atoms with van der Waals surface area (Å²) in [7, 11) is -0.188. The third kappa shape index (κ3) is 3.34. The minimum atomic E-state index is -1.64. The zero-order chi connectivity index (χ0) is 23.8. The Bertz CT molecular complexity index is 1080. The summed E-state index contributed by atoms with van der Waals surface area (Å²) in [6, 6.07) is 8.98. The van der Waals surface area contributed by atoms with E-state index in [1.807, 2.05) is 25.1 Å². The van der Waals surface area contributed by atoms with Crippen molar-refractivity contribution in [3.63, 3.8) is 0 Å². The number of ether oxygens (including phenoxy) is 3. The first-order valence-electron chi connectivity index (χ1n) is 11.8. The molecular weight excluding hydrogens is 396 g/mol. The molecule has 2 aromatic carbocycles. The summed E-state index contributed by atoms with van der Waals surface area (Å²) >= 11 is 0. The van der Waals surface area contributed by atoms with Crippen LogP contribution in [-0.4, -0.2) is 37.1 Å². The predicted molar refractivity (Wildman–Crippen MR) is 116 cm³/mol. The maximum absolute atomic E-state index is 12.3. The van der Waals surface area contributed by atoms with E-state index in [4.69, 9.17) is 17.0 Å². The van der Waals surface area contributed by atoms with Crippen molar-refractivity contribution in [3.05, 3.63) is 41.5 Å². The molecule has 1 unspecified atom stereocenters. The Morgan fingerprint density at radius 1 is 1.13 bits per heavy atom. The monoisotopic (exact) mass is 426 g/mol. The molecule has 4 rings (SSSR count). The Labute approximate surface area is 184 Å². The largest absolute Gasteiger partial charge is 0.493 e. The van der Waals surface area contributed by atoms with E-state index in [1.54, 1.807) is 12.1 Å². The minimum absolute atomic E-state index is 0.0856. The molecule has 6 heteroatoms. The molecule has 2 aromatic rings. The van der Waals surface area contributed by atoms with Gasteiger partial charge in [0.2, 0.25) is 5.75 Å². The lowest BCUT2D eigenvalue weighted by Gasteiger charge is -2.43. The van der Waals surface area contributed by atoms with Gasteiger partial charge < -0.3 is 19.3 Å². The number of ketones is 1. The molecule has 1 N–H and O–H groups in total. The number of carboxylic acid groups (broad SMARTS) is 1. The molecule has 1 fully saturated rings. The van der Waals surface area contributed by atoms with Gasteiger partial charge in [-0.15, -0.1) is 0 Å². The Kier molecular flexibility index (Phi) is 4.98. The van der Waals surface area contributed by atoms with Gasteiger partial charge in [0.05, 0.1) is 16.9 Å². The number of hydrogen-bond donors (Lipinski definition) is 1. The summed E-state index contributed by atoms with van der Waals surface area (Å²) in [5.41, 5.74) is 1.99. The van der Waals surface area contributed by atoms with Gasteiger partial charge in [-0.2, -0.15) is 0 Å². The second-order valence-corrected chi connectivity index (χ2v) is 8.18. The molecule has 164 valence electrons. The highest BCUT2D eigenvalue weighted by Gasteiger charge is 2.52. The molecule has 31 heavy (non-hydrogen) atoms. The van der Waals surface area contributed by atoms with Gasteiger partial charge in [0, 0.05) is 17.5 Å². The van der Waals surface area contributed by atoms with Gasteiger partial charge >= 0.3 is 5.97 Å². The maximum Gasteiger partial charge on any atom is 0.313 e. The van der Waals surface area contributed by atoms with Crippen LogP contribution in [0.5, 0.6) is 17.2 Å². The maximum atomic E-state index is 12.3. The molecule has 2 aliphatic rings. The van der Waals surface area contributed by atoms with Gasteiger partial charge in [-0.25, -0.2) is 0 Å². The third-order valence-corrected chi connectivity index (χ3v) is 6.70. The van der Waals surface area contributed by atoms with E-state index in [0.717, 1.165) is 17.5 Å². The quantitative estimate of drug-likeness (QED) is 0.646. The van der Waals surface area contributed by atoms with Crippen LogP contribution in [0.2, 0.25) is 0 Å². The highest BCUT2D eigenvalue weighted by molar-refractivity contribution is 6.02. The van der Waals surface area contributed by atoms with E-state index in [2.05, 4.69) is 0 Å². The molecule has 0 aromatic heterocycles. The van der Waals surface area contributed by atoms with E-state index in [1.165, 1.54) is 7.11 Å². The molecule has 0 spiro atoms. The number of carbonyl (C=O) groups excluding carboxylic acids is 1. The van der Waals surface area contributed by atoms with Gasteiger partial charge in [0.15, 0.2) is 17.3 Å². The van der Waals surface area contributed by atoms with Crippen LogP contribution in [0.3, 0.4) is 0 Å². The van der Waals surface area contributed by atoms with Crippen LogP contribution >= 0.6 is 0 Å². The molecule has 0 bridgehead atoms. The first kappa shape index (κ1) is 18.7. The number of hydrogen-bond acceptors (Lipinski definition) is 5. The Hall–Kier alpha value is -3.02. The van der Waals surface area contributed by atoms with Gasteiger partial charge in [-0.05, 0) is 48.9 Å².